The Bertz CT molecular complexity index is 141. The van der Waals surface area contributed by atoms with Crippen molar-refractivity contribution in [3.8, 4) is 0 Å². The molecule has 160 valence electrons. The highest BCUT2D eigenvalue weighted by Gasteiger charge is 2.08. The minimum Gasteiger partial charge on any atom is -0.307 e. The molecule has 2 heteroatoms. The maximum atomic E-state index is 2.54. The molecule has 1 heterocycles. The normalized spacial score (nSPS) is 11.9. The van der Waals surface area contributed by atoms with E-state index in [1.807, 2.05) is 41.5 Å². The molecule has 0 bridgehead atoms. The molecule has 0 saturated carbocycles. The number of likely N-dealkylation sites (tertiary alicyclic amines) is 1. The van der Waals surface area contributed by atoms with Crippen LogP contribution in [-0.2, 0) is 0 Å². The number of unbranched alkanes of at least 4 members (excludes halogenated alkanes) is 1. The first kappa shape index (κ1) is 35.9. The molecule has 1 rings (SSSR count). The van der Waals surface area contributed by atoms with Gasteiger partial charge in [-0.2, -0.15) is 0 Å². The first-order valence-corrected chi connectivity index (χ1v) is 11.6. The molecule has 1 aliphatic heterocycles. The average molecular weight is 363 g/mol. The maximum absolute atomic E-state index is 2.54. The molecule has 0 amide bonds. The molecule has 0 unspecified atom stereocenters. The summed E-state index contributed by atoms with van der Waals surface area (Å²) < 4.78 is 0. The van der Waals surface area contributed by atoms with Crippen molar-refractivity contribution in [1.82, 2.24) is 9.80 Å². The van der Waals surface area contributed by atoms with E-state index in [9.17, 15) is 0 Å². The predicted molar refractivity (Wildman–Crippen MR) is 124 cm³/mol. The fraction of sp³-hybridized carbons (Fsp3) is 1.00. The summed E-state index contributed by atoms with van der Waals surface area (Å²) in [7, 11) is 2.14. The summed E-state index contributed by atoms with van der Waals surface area (Å²) in [5.41, 5.74) is 0. The van der Waals surface area contributed by atoms with Gasteiger partial charge in [0.1, 0.15) is 0 Å². The van der Waals surface area contributed by atoms with Crippen molar-refractivity contribution >= 4 is 0 Å². The van der Waals surface area contributed by atoms with Gasteiger partial charge >= 0.3 is 0 Å². The van der Waals surface area contributed by atoms with Gasteiger partial charge in [0.05, 0.1) is 0 Å². The van der Waals surface area contributed by atoms with Gasteiger partial charge in [-0.3, -0.25) is 0 Å². The molecule has 0 spiro atoms. The van der Waals surface area contributed by atoms with E-state index in [1.54, 1.807) is 0 Å². The minimum atomic E-state index is 1.17. The molecule has 0 aliphatic carbocycles. The molecule has 0 radical (unpaired) electrons. The van der Waals surface area contributed by atoms with Crippen LogP contribution in [0.15, 0.2) is 0 Å². The molecule has 25 heavy (non-hydrogen) atoms. The molecular weight excluding hydrogens is 304 g/mol. The summed E-state index contributed by atoms with van der Waals surface area (Å²) in [6.45, 7) is 29.4. The highest BCUT2D eigenvalue weighted by molar-refractivity contribution is 4.64. The lowest BCUT2D eigenvalue weighted by atomic mass is 10.4. The Morgan fingerprint density at radius 3 is 1.24 bits per heavy atom. The summed E-state index contributed by atoms with van der Waals surface area (Å²) in [4.78, 5) is 4.85. The Kier molecular flexibility index (Phi) is 63.1. The largest absolute Gasteiger partial charge is 0.307 e. The van der Waals surface area contributed by atoms with E-state index in [4.69, 9.17) is 0 Å². The lowest BCUT2D eigenvalue weighted by Crippen LogP contribution is -2.19. The summed E-state index contributed by atoms with van der Waals surface area (Å²) in [6.07, 6.45) is 8.09. The third-order valence-electron chi connectivity index (χ3n) is 3.38. The number of hydrogen-bond donors (Lipinski definition) is 0. The summed E-state index contributed by atoms with van der Waals surface area (Å²) in [5.74, 6) is 0. The molecule has 1 fully saturated rings. The van der Waals surface area contributed by atoms with Crippen molar-refractivity contribution in [2.75, 3.05) is 39.8 Å². The molecule has 0 atom stereocenters. The van der Waals surface area contributed by atoms with Crippen molar-refractivity contribution < 1.29 is 0 Å². The quantitative estimate of drug-likeness (QED) is 0.477. The molecule has 2 nitrogen and oxygen atoms in total. The van der Waals surface area contributed by atoms with Gasteiger partial charge in [0.2, 0.25) is 0 Å². The van der Waals surface area contributed by atoms with Gasteiger partial charge in [0.15, 0.2) is 0 Å². The smallest absolute Gasteiger partial charge is 0.00183 e. The third-order valence-corrected chi connectivity index (χ3v) is 3.38. The Morgan fingerprint density at radius 2 is 1.04 bits per heavy atom. The number of rotatable bonds is 6. The topological polar surface area (TPSA) is 6.48 Å². The highest BCUT2D eigenvalue weighted by Crippen LogP contribution is 2.06. The van der Waals surface area contributed by atoms with E-state index >= 15 is 0 Å². The predicted octanol–water partition coefficient (Wildman–Crippen LogP) is 7.73. The molecule has 0 aromatic rings. The van der Waals surface area contributed by atoms with Crippen LogP contribution in [0.5, 0.6) is 0 Å². The van der Waals surface area contributed by atoms with Gasteiger partial charge in [0.25, 0.3) is 0 Å². The lowest BCUT2D eigenvalue weighted by molar-refractivity contribution is 0.339. The Morgan fingerprint density at radius 1 is 0.640 bits per heavy atom. The van der Waals surface area contributed by atoms with Crippen molar-refractivity contribution in [1.29, 1.82) is 0 Å². The van der Waals surface area contributed by atoms with E-state index in [0.717, 1.165) is 0 Å². The average Bonchev–Trinajstić information content (AvgIpc) is 3.21. The molecule has 1 saturated heterocycles. The Balaban J connectivity index is -0.0000000718. The third kappa shape index (κ3) is 45.3. The molecular formula is C23H58N2. The van der Waals surface area contributed by atoms with Crippen LogP contribution in [0.2, 0.25) is 0 Å². The van der Waals surface area contributed by atoms with Crippen LogP contribution in [-0.4, -0.2) is 49.6 Å². The van der Waals surface area contributed by atoms with E-state index in [2.05, 4.69) is 51.5 Å². The van der Waals surface area contributed by atoms with Crippen LogP contribution in [0.1, 0.15) is 115 Å². The van der Waals surface area contributed by atoms with Crippen molar-refractivity contribution in [3.63, 3.8) is 0 Å². The fourth-order valence-electron chi connectivity index (χ4n) is 1.86. The summed E-state index contributed by atoms with van der Waals surface area (Å²) in [6, 6.07) is 0. The molecule has 0 N–H and O–H groups in total. The second kappa shape index (κ2) is 43.9. The van der Waals surface area contributed by atoms with Crippen LogP contribution in [0.3, 0.4) is 0 Å². The highest BCUT2D eigenvalue weighted by atomic mass is 15.1. The van der Waals surface area contributed by atoms with Crippen molar-refractivity contribution in [2.45, 2.75) is 115 Å². The Hall–Kier alpha value is -0.0800. The summed E-state index contributed by atoms with van der Waals surface area (Å²) in [5, 5.41) is 0. The number of nitrogens with zero attached hydrogens (tertiary/aromatic N) is 2. The zero-order valence-corrected chi connectivity index (χ0v) is 20.7. The molecule has 0 aromatic heterocycles. The van der Waals surface area contributed by atoms with Gasteiger partial charge < -0.3 is 9.80 Å². The summed E-state index contributed by atoms with van der Waals surface area (Å²) >= 11 is 0. The zero-order valence-electron chi connectivity index (χ0n) is 20.7. The van der Waals surface area contributed by atoms with Crippen LogP contribution < -0.4 is 0 Å². The van der Waals surface area contributed by atoms with Crippen LogP contribution in [0.4, 0.5) is 0 Å². The fourth-order valence-corrected chi connectivity index (χ4v) is 1.86. The van der Waals surface area contributed by atoms with Gasteiger partial charge in [-0.1, -0.05) is 89.0 Å². The SMILES string of the molecule is CC.CC.CC.CCCC.CCCN(C)CC.CCCN1CCCC1. The maximum Gasteiger partial charge on any atom is -0.00183 e. The molecule has 0 aromatic carbocycles. The first-order chi connectivity index (χ1) is 12.2. The van der Waals surface area contributed by atoms with E-state index in [-0.39, 0.29) is 0 Å². The number of hydrogen-bond acceptors (Lipinski definition) is 2. The van der Waals surface area contributed by atoms with Crippen LogP contribution in [0, 0.1) is 0 Å². The van der Waals surface area contributed by atoms with Gasteiger partial charge in [-0.25, -0.2) is 0 Å². The van der Waals surface area contributed by atoms with Crippen LogP contribution in [0.25, 0.3) is 0 Å². The lowest BCUT2D eigenvalue weighted by Gasteiger charge is -2.11. The van der Waals surface area contributed by atoms with Crippen molar-refractivity contribution in [3.05, 3.63) is 0 Å². The minimum absolute atomic E-state index is 1.17. The van der Waals surface area contributed by atoms with E-state index in [0.29, 0.717) is 0 Å². The second-order valence-electron chi connectivity index (χ2n) is 5.44. The molecule has 1 aliphatic rings. The van der Waals surface area contributed by atoms with E-state index < -0.39 is 0 Å². The standard InChI is InChI=1S/C7H15N.C6H15N.C4H10.3C2H6/c1-2-5-8-6-3-4-7-8;1-4-6-7(3)5-2;1-3-4-2;3*1-2/h2-7H2,1H3;4-6H2,1-3H3;3-4H2,1-2H3;3*1-2H3. The second-order valence-corrected chi connectivity index (χ2v) is 5.44. The van der Waals surface area contributed by atoms with Gasteiger partial charge in [-0.15, -0.1) is 0 Å². The first-order valence-electron chi connectivity index (χ1n) is 11.6. The monoisotopic (exact) mass is 362 g/mol. The van der Waals surface area contributed by atoms with Gasteiger partial charge in [-0.05, 0) is 65.5 Å². The van der Waals surface area contributed by atoms with Gasteiger partial charge in [0, 0.05) is 0 Å². The van der Waals surface area contributed by atoms with Crippen molar-refractivity contribution in [2.24, 2.45) is 0 Å². The van der Waals surface area contributed by atoms with E-state index in [1.165, 1.54) is 71.2 Å². The van der Waals surface area contributed by atoms with Crippen LogP contribution >= 0.6 is 0 Å². The Labute approximate surface area is 164 Å². The zero-order chi connectivity index (χ0) is 20.9.